The molecule has 4 rings (SSSR count). The van der Waals surface area contributed by atoms with Crippen molar-refractivity contribution in [3.05, 3.63) is 96.5 Å². The van der Waals surface area contributed by atoms with Gasteiger partial charge in [-0.3, -0.25) is 25.0 Å². The molecule has 0 saturated heterocycles. The Bertz CT molecular complexity index is 1510. The molecule has 0 fully saturated rings. The Balaban J connectivity index is 1.81. The number of halogens is 4. The summed E-state index contributed by atoms with van der Waals surface area (Å²) in [7, 11) is 1.50. The Hall–Kier alpha value is -4.72. The van der Waals surface area contributed by atoms with Crippen LogP contribution in [-0.2, 0) is 11.0 Å². The quantitative estimate of drug-likeness (QED) is 0.225. The molecule has 1 amide bonds. The first kappa shape index (κ1) is 28.3. The summed E-state index contributed by atoms with van der Waals surface area (Å²) in [4.78, 5) is 33.5. The van der Waals surface area contributed by atoms with Crippen LogP contribution in [0.1, 0.15) is 36.1 Å². The number of methoxy groups -OCH3 is 1. The van der Waals surface area contributed by atoms with E-state index in [1.165, 1.54) is 32.2 Å². The van der Waals surface area contributed by atoms with E-state index in [2.05, 4.69) is 5.10 Å². The second-order valence-electron chi connectivity index (χ2n) is 8.50. The summed E-state index contributed by atoms with van der Waals surface area (Å²) >= 11 is 6.19. The first-order chi connectivity index (χ1) is 18.8. The average molecular weight is 579 g/mol. The second-order valence-corrected chi connectivity index (χ2v) is 8.93. The van der Waals surface area contributed by atoms with Crippen molar-refractivity contribution in [2.24, 2.45) is 5.10 Å². The fraction of sp³-hybridized carbons (Fsp3) is 0.200. The molecule has 0 N–H and O–H groups in total. The molecule has 1 heterocycles. The topological polar surface area (TPSA) is 137 Å². The van der Waals surface area contributed by atoms with Gasteiger partial charge in [0.2, 0.25) is 5.91 Å². The number of hydrogen-bond donors (Lipinski definition) is 0. The average Bonchev–Trinajstić information content (AvgIpc) is 3.34. The van der Waals surface area contributed by atoms with Crippen molar-refractivity contribution in [1.82, 2.24) is 5.01 Å². The summed E-state index contributed by atoms with van der Waals surface area (Å²) in [6.45, 7) is 1.25. The lowest BCUT2D eigenvalue weighted by Crippen LogP contribution is -2.24. The summed E-state index contributed by atoms with van der Waals surface area (Å²) < 4.78 is 50.7. The number of rotatable bonds is 7. The minimum Gasteiger partial charge on any atom is -0.497 e. The van der Waals surface area contributed by atoms with E-state index in [1.54, 1.807) is 24.3 Å². The van der Waals surface area contributed by atoms with Crippen molar-refractivity contribution in [3.63, 3.8) is 0 Å². The van der Waals surface area contributed by atoms with Crippen LogP contribution in [0.25, 0.3) is 0 Å². The van der Waals surface area contributed by atoms with Gasteiger partial charge in [0.25, 0.3) is 5.75 Å². The number of hydrogen-bond acceptors (Lipinski definition) is 8. The summed E-state index contributed by atoms with van der Waals surface area (Å²) in [5.41, 5.74) is -2.82. The first-order valence-corrected chi connectivity index (χ1v) is 11.7. The fourth-order valence-corrected chi connectivity index (χ4v) is 4.30. The number of benzene rings is 3. The lowest BCUT2D eigenvalue weighted by atomic mass is 9.97. The van der Waals surface area contributed by atoms with E-state index in [-0.39, 0.29) is 34.9 Å². The van der Waals surface area contributed by atoms with Crippen molar-refractivity contribution in [1.29, 1.82) is 0 Å². The minimum absolute atomic E-state index is 0.125. The second kappa shape index (κ2) is 10.8. The van der Waals surface area contributed by atoms with E-state index >= 15 is 0 Å². The Labute approximate surface area is 228 Å². The van der Waals surface area contributed by atoms with Crippen molar-refractivity contribution in [2.75, 3.05) is 7.11 Å². The van der Waals surface area contributed by atoms with E-state index in [0.29, 0.717) is 17.0 Å². The van der Waals surface area contributed by atoms with Crippen LogP contribution in [0.2, 0.25) is 5.02 Å². The van der Waals surface area contributed by atoms with Crippen molar-refractivity contribution >= 4 is 34.6 Å². The van der Waals surface area contributed by atoms with Crippen molar-refractivity contribution in [2.45, 2.75) is 25.6 Å². The molecule has 40 heavy (non-hydrogen) atoms. The Morgan fingerprint density at radius 1 is 1.05 bits per heavy atom. The molecule has 208 valence electrons. The molecule has 0 bridgehead atoms. The molecule has 0 radical (unpaired) electrons. The van der Waals surface area contributed by atoms with E-state index in [9.17, 15) is 38.2 Å². The molecule has 3 aromatic rings. The normalized spacial score (nSPS) is 15.0. The maximum Gasteiger partial charge on any atom is 0.416 e. The van der Waals surface area contributed by atoms with Gasteiger partial charge in [0.05, 0.1) is 34.3 Å². The molecule has 0 aliphatic carbocycles. The van der Waals surface area contributed by atoms with Crippen LogP contribution in [-0.4, -0.2) is 33.6 Å². The lowest BCUT2D eigenvalue weighted by molar-refractivity contribution is -0.396. The largest absolute Gasteiger partial charge is 0.497 e. The van der Waals surface area contributed by atoms with Gasteiger partial charge in [-0.2, -0.15) is 18.3 Å². The van der Waals surface area contributed by atoms with Gasteiger partial charge in [0, 0.05) is 36.1 Å². The minimum atomic E-state index is -5.10. The van der Waals surface area contributed by atoms with Gasteiger partial charge in [-0.1, -0.05) is 11.6 Å². The molecular weight excluding hydrogens is 561 g/mol. The Morgan fingerprint density at radius 3 is 2.15 bits per heavy atom. The van der Waals surface area contributed by atoms with Crippen LogP contribution < -0.4 is 9.47 Å². The van der Waals surface area contributed by atoms with Crippen LogP contribution in [0.4, 0.5) is 24.5 Å². The highest BCUT2D eigenvalue weighted by Gasteiger charge is 2.40. The number of nitro groups is 2. The summed E-state index contributed by atoms with van der Waals surface area (Å²) in [5.74, 6) is -1.12. The number of hydrazone groups is 1. The number of ether oxygens (including phenoxy) is 2. The zero-order chi connectivity index (χ0) is 29.4. The van der Waals surface area contributed by atoms with Gasteiger partial charge in [-0.25, -0.2) is 5.01 Å². The molecule has 0 saturated carbocycles. The molecule has 0 spiro atoms. The van der Waals surface area contributed by atoms with E-state index < -0.39 is 50.7 Å². The smallest absolute Gasteiger partial charge is 0.416 e. The van der Waals surface area contributed by atoms with Gasteiger partial charge < -0.3 is 9.47 Å². The van der Waals surface area contributed by atoms with E-state index in [0.717, 1.165) is 5.01 Å². The highest BCUT2D eigenvalue weighted by molar-refractivity contribution is 6.30. The highest BCUT2D eigenvalue weighted by Crippen LogP contribution is 2.47. The van der Waals surface area contributed by atoms with Crippen LogP contribution >= 0.6 is 11.6 Å². The molecular formula is C25H18ClF3N4O7. The van der Waals surface area contributed by atoms with E-state index in [1.807, 2.05) is 0 Å². The molecule has 0 aromatic heterocycles. The predicted molar refractivity (Wildman–Crippen MR) is 136 cm³/mol. The SMILES string of the molecule is COc1ccc(C2=NN(C(C)=O)C(c3cc(Cl)ccc3Oc3c([N+](=O)[O-])cc(C(F)(F)F)cc3[N+](=O)[O-])C2)cc1. The monoisotopic (exact) mass is 578 g/mol. The van der Waals surface area contributed by atoms with Gasteiger partial charge in [0.1, 0.15) is 11.5 Å². The summed E-state index contributed by atoms with van der Waals surface area (Å²) in [6.07, 6.45) is -4.97. The number of carbonyl (C=O) groups is 1. The van der Waals surface area contributed by atoms with Crippen molar-refractivity contribution < 1.29 is 37.3 Å². The zero-order valence-electron chi connectivity index (χ0n) is 20.6. The standard InChI is InChI=1S/C25H18ClF3N4O7/c1-13(34)31-20(12-19(30-31)14-3-6-17(39-2)7-4-14)18-11-16(26)5-8-23(18)40-24-21(32(35)36)9-15(25(27,28)29)10-22(24)33(37)38/h3-11,20H,12H2,1-2H3. The highest BCUT2D eigenvalue weighted by atomic mass is 35.5. The predicted octanol–water partition coefficient (Wildman–Crippen LogP) is 6.67. The van der Waals surface area contributed by atoms with Gasteiger partial charge in [0.15, 0.2) is 0 Å². The molecule has 1 aliphatic heterocycles. The third kappa shape index (κ3) is 5.66. The zero-order valence-corrected chi connectivity index (χ0v) is 21.4. The molecule has 3 aromatic carbocycles. The van der Waals surface area contributed by atoms with Crippen LogP contribution in [0.3, 0.4) is 0 Å². The molecule has 15 heteroatoms. The third-order valence-corrected chi connectivity index (χ3v) is 6.20. The van der Waals surface area contributed by atoms with Gasteiger partial charge in [-0.15, -0.1) is 0 Å². The van der Waals surface area contributed by atoms with Crippen LogP contribution in [0.15, 0.2) is 59.7 Å². The van der Waals surface area contributed by atoms with Crippen LogP contribution in [0, 0.1) is 20.2 Å². The molecule has 1 unspecified atom stereocenters. The van der Waals surface area contributed by atoms with Gasteiger partial charge >= 0.3 is 17.6 Å². The molecule has 11 nitrogen and oxygen atoms in total. The number of alkyl halides is 3. The van der Waals surface area contributed by atoms with Crippen molar-refractivity contribution in [3.8, 4) is 17.2 Å². The summed E-state index contributed by atoms with van der Waals surface area (Å²) in [5, 5.41) is 29.1. The first-order valence-electron chi connectivity index (χ1n) is 11.3. The maximum atomic E-state index is 13.3. The Kier molecular flexibility index (Phi) is 7.64. The molecule has 1 aliphatic rings. The van der Waals surface area contributed by atoms with E-state index in [4.69, 9.17) is 21.1 Å². The number of nitro benzene ring substituents is 2. The number of nitrogens with zero attached hydrogens (tertiary/aromatic N) is 4. The summed E-state index contributed by atoms with van der Waals surface area (Å²) in [6, 6.07) is 10.2. The van der Waals surface area contributed by atoms with Gasteiger partial charge in [-0.05, 0) is 48.0 Å². The Morgan fingerprint density at radius 2 is 1.65 bits per heavy atom. The third-order valence-electron chi connectivity index (χ3n) is 5.97. The number of carbonyl (C=O) groups excluding carboxylic acids is 1. The lowest BCUT2D eigenvalue weighted by Gasteiger charge is -2.23. The maximum absolute atomic E-state index is 13.3. The number of amides is 1. The fourth-order valence-electron chi connectivity index (χ4n) is 4.12. The molecule has 1 atom stereocenters. The van der Waals surface area contributed by atoms with Crippen LogP contribution in [0.5, 0.6) is 17.2 Å².